The lowest BCUT2D eigenvalue weighted by Crippen LogP contribution is -2.14. The van der Waals surface area contributed by atoms with Crippen molar-refractivity contribution in [2.24, 2.45) is 0 Å². The Balaban J connectivity index is 1.36. The summed E-state index contributed by atoms with van der Waals surface area (Å²) in [5.41, 5.74) is 0.883. The zero-order valence-corrected chi connectivity index (χ0v) is 18.5. The molecule has 2 aromatic carbocycles. The molecular formula is C22H17BrF3N5O2. The molecule has 0 radical (unpaired) electrons. The van der Waals surface area contributed by atoms with E-state index in [2.05, 4.69) is 31.4 Å². The van der Waals surface area contributed by atoms with Gasteiger partial charge in [-0.2, -0.15) is 23.4 Å². The van der Waals surface area contributed by atoms with Crippen LogP contribution in [-0.2, 0) is 19.5 Å². The molecule has 0 spiro atoms. The number of carbonyl (C=O) groups is 1. The second-order valence-electron chi connectivity index (χ2n) is 7.05. The number of rotatable bonds is 7. The van der Waals surface area contributed by atoms with Gasteiger partial charge in [0.25, 0.3) is 5.91 Å². The normalized spacial score (nSPS) is 11.4. The van der Waals surface area contributed by atoms with Gasteiger partial charge in [0.2, 0.25) is 0 Å². The van der Waals surface area contributed by atoms with Crippen molar-refractivity contribution in [2.75, 3.05) is 5.32 Å². The molecule has 0 atom stereocenters. The molecule has 2 aromatic heterocycles. The summed E-state index contributed by atoms with van der Waals surface area (Å²) < 4.78 is 47.8. The van der Waals surface area contributed by atoms with Gasteiger partial charge in [0.1, 0.15) is 5.75 Å². The van der Waals surface area contributed by atoms with E-state index >= 15 is 0 Å². The van der Waals surface area contributed by atoms with Crippen LogP contribution in [0.5, 0.6) is 5.75 Å². The fourth-order valence-corrected chi connectivity index (χ4v) is 3.34. The van der Waals surface area contributed by atoms with Gasteiger partial charge in [-0.05, 0) is 57.9 Å². The highest BCUT2D eigenvalue weighted by Crippen LogP contribution is 2.31. The summed E-state index contributed by atoms with van der Waals surface area (Å²) in [5, 5.41) is 11.1. The minimum atomic E-state index is -4.46. The number of ether oxygens (including phenoxy) is 1. The summed E-state index contributed by atoms with van der Waals surface area (Å²) in [6.45, 7) is 0.389. The minimum Gasteiger partial charge on any atom is -0.471 e. The average molecular weight is 520 g/mol. The molecule has 4 rings (SSSR count). The summed E-state index contributed by atoms with van der Waals surface area (Å²) in [5.74, 6) is -0.376. The predicted octanol–water partition coefficient (Wildman–Crippen LogP) is 5.20. The van der Waals surface area contributed by atoms with Gasteiger partial charge in [-0.25, -0.2) is 4.68 Å². The number of amides is 1. The molecule has 2 heterocycles. The van der Waals surface area contributed by atoms with Crippen LogP contribution >= 0.6 is 15.9 Å². The van der Waals surface area contributed by atoms with Gasteiger partial charge < -0.3 is 10.1 Å². The van der Waals surface area contributed by atoms with Crippen LogP contribution in [0.3, 0.4) is 0 Å². The molecule has 170 valence electrons. The van der Waals surface area contributed by atoms with E-state index in [1.807, 2.05) is 24.4 Å². The zero-order valence-electron chi connectivity index (χ0n) is 17.0. The molecule has 4 aromatic rings. The lowest BCUT2D eigenvalue weighted by Gasteiger charge is -2.10. The number of nitrogens with zero attached hydrogens (tertiary/aromatic N) is 4. The quantitative estimate of drug-likeness (QED) is 0.364. The Bertz CT molecular complexity index is 1270. The lowest BCUT2D eigenvalue weighted by molar-refractivity contribution is -0.137. The number of nitrogens with one attached hydrogen (secondary N) is 1. The molecular weight excluding hydrogens is 503 g/mol. The molecule has 0 aliphatic heterocycles. The van der Waals surface area contributed by atoms with Crippen LogP contribution in [0.15, 0.2) is 77.7 Å². The number of alkyl halides is 3. The molecule has 11 heteroatoms. The van der Waals surface area contributed by atoms with Crippen molar-refractivity contribution >= 4 is 27.5 Å². The first kappa shape index (κ1) is 22.6. The Morgan fingerprint density at radius 1 is 1.09 bits per heavy atom. The van der Waals surface area contributed by atoms with E-state index in [1.54, 1.807) is 16.9 Å². The number of hydrogen-bond acceptors (Lipinski definition) is 4. The Hall–Kier alpha value is -3.60. The molecule has 0 bridgehead atoms. The van der Waals surface area contributed by atoms with E-state index in [0.717, 1.165) is 22.2 Å². The first-order chi connectivity index (χ1) is 15.8. The fraction of sp³-hybridized carbons (Fsp3) is 0.136. The monoisotopic (exact) mass is 519 g/mol. The second kappa shape index (κ2) is 9.49. The van der Waals surface area contributed by atoms with Gasteiger partial charge in [-0.1, -0.05) is 18.2 Å². The van der Waals surface area contributed by atoms with E-state index in [-0.39, 0.29) is 18.2 Å². The topological polar surface area (TPSA) is 74.0 Å². The first-order valence-electron chi connectivity index (χ1n) is 9.68. The fourth-order valence-electron chi connectivity index (χ4n) is 3.01. The van der Waals surface area contributed by atoms with Crippen LogP contribution in [0.25, 0.3) is 0 Å². The van der Waals surface area contributed by atoms with Crippen LogP contribution in [0, 0.1) is 0 Å². The van der Waals surface area contributed by atoms with Crippen molar-refractivity contribution in [1.29, 1.82) is 0 Å². The zero-order chi connectivity index (χ0) is 23.4. The molecule has 0 unspecified atom stereocenters. The molecule has 0 aliphatic carbocycles. The van der Waals surface area contributed by atoms with Crippen molar-refractivity contribution in [3.05, 3.63) is 94.5 Å². The average Bonchev–Trinajstić information content (AvgIpc) is 3.41. The lowest BCUT2D eigenvalue weighted by atomic mass is 10.2. The molecule has 33 heavy (non-hydrogen) atoms. The van der Waals surface area contributed by atoms with Crippen LogP contribution in [-0.4, -0.2) is 25.5 Å². The van der Waals surface area contributed by atoms with E-state index in [9.17, 15) is 18.0 Å². The number of hydrogen-bond donors (Lipinski definition) is 1. The maximum Gasteiger partial charge on any atom is 0.416 e. The Labute approximate surface area is 194 Å². The van der Waals surface area contributed by atoms with Crippen LogP contribution in [0.1, 0.15) is 21.6 Å². The second-order valence-corrected chi connectivity index (χ2v) is 7.97. The Morgan fingerprint density at radius 3 is 2.67 bits per heavy atom. The van der Waals surface area contributed by atoms with E-state index < -0.39 is 17.6 Å². The maximum atomic E-state index is 12.8. The molecule has 0 fully saturated rings. The number of carbonyl (C=O) groups excluding carboxylic acids is 1. The summed E-state index contributed by atoms with van der Waals surface area (Å²) in [6, 6.07) is 13.4. The van der Waals surface area contributed by atoms with Gasteiger partial charge in [0.05, 0.1) is 22.8 Å². The van der Waals surface area contributed by atoms with Gasteiger partial charge >= 0.3 is 6.18 Å². The number of anilines is 1. The SMILES string of the molecule is O=C(Nc1cccc(Cn2cc(Br)cn2)c1)c1ccn(COc2cccc(C(F)(F)F)c2)n1. The van der Waals surface area contributed by atoms with Gasteiger partial charge in [0, 0.05) is 18.1 Å². The highest BCUT2D eigenvalue weighted by atomic mass is 79.9. The van der Waals surface area contributed by atoms with E-state index in [1.165, 1.54) is 29.1 Å². The van der Waals surface area contributed by atoms with Crippen LogP contribution < -0.4 is 10.1 Å². The Morgan fingerprint density at radius 2 is 1.91 bits per heavy atom. The van der Waals surface area contributed by atoms with Crippen molar-refractivity contribution in [1.82, 2.24) is 19.6 Å². The molecule has 0 aliphatic rings. The summed E-state index contributed by atoms with van der Waals surface area (Å²) in [6.07, 6.45) is 0.593. The van der Waals surface area contributed by atoms with E-state index in [0.29, 0.717) is 12.2 Å². The predicted molar refractivity (Wildman–Crippen MR) is 118 cm³/mol. The van der Waals surface area contributed by atoms with Crippen LogP contribution in [0.4, 0.5) is 18.9 Å². The summed E-state index contributed by atoms with van der Waals surface area (Å²) in [4.78, 5) is 12.6. The third-order valence-electron chi connectivity index (χ3n) is 4.53. The number of halogens is 4. The van der Waals surface area contributed by atoms with Gasteiger partial charge in [0.15, 0.2) is 12.4 Å². The molecule has 1 N–H and O–H groups in total. The van der Waals surface area contributed by atoms with Crippen molar-refractivity contribution in [3.8, 4) is 5.75 Å². The van der Waals surface area contributed by atoms with Crippen molar-refractivity contribution in [3.63, 3.8) is 0 Å². The van der Waals surface area contributed by atoms with Crippen molar-refractivity contribution in [2.45, 2.75) is 19.5 Å². The standard InChI is InChI=1S/C22H17BrF3N5O2/c23-17-11-27-31(13-17)12-15-3-1-5-18(9-15)28-21(32)20-7-8-30(29-20)14-33-19-6-2-4-16(10-19)22(24,25)26/h1-11,13H,12,14H2,(H,28,32). The number of benzene rings is 2. The smallest absolute Gasteiger partial charge is 0.416 e. The van der Waals surface area contributed by atoms with Crippen molar-refractivity contribution < 1.29 is 22.7 Å². The minimum absolute atomic E-state index is 0.0485. The molecule has 7 nitrogen and oxygen atoms in total. The third kappa shape index (κ3) is 6.01. The molecule has 0 saturated heterocycles. The number of aromatic nitrogens is 4. The van der Waals surface area contributed by atoms with Crippen LogP contribution in [0.2, 0.25) is 0 Å². The highest BCUT2D eigenvalue weighted by molar-refractivity contribution is 9.10. The maximum absolute atomic E-state index is 12.8. The van der Waals surface area contributed by atoms with Gasteiger partial charge in [-0.15, -0.1) is 0 Å². The summed E-state index contributed by atoms with van der Waals surface area (Å²) >= 11 is 3.35. The molecule has 1 amide bonds. The highest BCUT2D eigenvalue weighted by Gasteiger charge is 2.30. The largest absolute Gasteiger partial charge is 0.471 e. The third-order valence-corrected chi connectivity index (χ3v) is 4.94. The molecule has 0 saturated carbocycles. The Kier molecular flexibility index (Phi) is 6.50. The summed E-state index contributed by atoms with van der Waals surface area (Å²) in [7, 11) is 0. The van der Waals surface area contributed by atoms with E-state index in [4.69, 9.17) is 4.74 Å². The first-order valence-corrected chi connectivity index (χ1v) is 10.5. The van der Waals surface area contributed by atoms with Gasteiger partial charge in [-0.3, -0.25) is 9.48 Å².